The van der Waals surface area contributed by atoms with Gasteiger partial charge in [-0.2, -0.15) is 11.8 Å². The number of aryl methyl sites for hydroxylation is 1. The second-order valence-corrected chi connectivity index (χ2v) is 6.29. The van der Waals surface area contributed by atoms with E-state index in [0.29, 0.717) is 6.61 Å². The predicted molar refractivity (Wildman–Crippen MR) is 75.8 cm³/mol. The topological polar surface area (TPSA) is 20.2 Å². The fourth-order valence-corrected chi connectivity index (χ4v) is 3.75. The highest BCUT2D eigenvalue weighted by Gasteiger charge is 2.35. The molecule has 0 aromatic heterocycles. The second-order valence-electron chi connectivity index (χ2n) is 4.90. The largest absolute Gasteiger partial charge is 0.395 e. The van der Waals surface area contributed by atoms with E-state index in [-0.39, 0.29) is 5.41 Å². The molecule has 1 aliphatic rings. The predicted octanol–water partition coefficient (Wildman–Crippen LogP) is 3.40. The number of benzene rings is 1. The fourth-order valence-electron chi connectivity index (χ4n) is 2.92. The summed E-state index contributed by atoms with van der Waals surface area (Å²) in [5, 5.41) is 9.88. The summed E-state index contributed by atoms with van der Waals surface area (Å²) in [5.41, 5.74) is 2.90. The zero-order chi connectivity index (χ0) is 12.1. The SMILES string of the molecule is CCSCCC1(CO)CCCc2ccccc21. The molecule has 0 bridgehead atoms. The summed E-state index contributed by atoms with van der Waals surface area (Å²) in [7, 11) is 0. The van der Waals surface area contributed by atoms with E-state index >= 15 is 0 Å². The first-order valence-corrected chi connectivity index (χ1v) is 7.75. The Kier molecular flexibility index (Phi) is 4.52. The van der Waals surface area contributed by atoms with Crippen LogP contribution in [0.25, 0.3) is 0 Å². The van der Waals surface area contributed by atoms with Crippen molar-refractivity contribution in [3.8, 4) is 0 Å². The molecule has 1 aliphatic carbocycles. The molecule has 1 aromatic rings. The van der Waals surface area contributed by atoms with Gasteiger partial charge in [0, 0.05) is 5.41 Å². The van der Waals surface area contributed by atoms with Gasteiger partial charge in [-0.1, -0.05) is 31.2 Å². The monoisotopic (exact) mass is 250 g/mol. The van der Waals surface area contributed by atoms with Crippen LogP contribution in [0.15, 0.2) is 24.3 Å². The first-order chi connectivity index (χ1) is 8.32. The minimum Gasteiger partial charge on any atom is -0.395 e. The number of hydrogen-bond acceptors (Lipinski definition) is 2. The van der Waals surface area contributed by atoms with Gasteiger partial charge >= 0.3 is 0 Å². The normalized spacial score (nSPS) is 23.4. The van der Waals surface area contributed by atoms with Crippen molar-refractivity contribution in [2.24, 2.45) is 0 Å². The van der Waals surface area contributed by atoms with Crippen LogP contribution in [0.2, 0.25) is 0 Å². The van der Waals surface area contributed by atoms with Gasteiger partial charge in [0.2, 0.25) is 0 Å². The lowest BCUT2D eigenvalue weighted by atomic mass is 9.69. The van der Waals surface area contributed by atoms with Crippen molar-refractivity contribution < 1.29 is 5.11 Å². The first kappa shape index (κ1) is 13.0. The summed E-state index contributed by atoms with van der Waals surface area (Å²) in [4.78, 5) is 0. The number of fused-ring (bicyclic) bond motifs is 1. The van der Waals surface area contributed by atoms with Crippen molar-refractivity contribution in [2.45, 2.75) is 38.0 Å². The molecule has 1 N–H and O–H groups in total. The Labute approximate surface area is 109 Å². The van der Waals surface area contributed by atoms with Crippen LogP contribution in [0, 0.1) is 0 Å². The average molecular weight is 250 g/mol. The van der Waals surface area contributed by atoms with Crippen molar-refractivity contribution in [2.75, 3.05) is 18.1 Å². The lowest BCUT2D eigenvalue weighted by Crippen LogP contribution is -2.35. The lowest BCUT2D eigenvalue weighted by molar-refractivity contribution is 0.170. The van der Waals surface area contributed by atoms with Gasteiger partial charge in [0.15, 0.2) is 0 Å². The minimum atomic E-state index is 0.0387. The van der Waals surface area contributed by atoms with E-state index in [1.807, 2.05) is 11.8 Å². The molecule has 1 nitrogen and oxygen atoms in total. The number of rotatable bonds is 5. The summed E-state index contributed by atoms with van der Waals surface area (Å²) < 4.78 is 0. The Morgan fingerprint density at radius 1 is 1.35 bits per heavy atom. The maximum Gasteiger partial charge on any atom is 0.0528 e. The van der Waals surface area contributed by atoms with Crippen LogP contribution < -0.4 is 0 Å². The highest BCUT2D eigenvalue weighted by atomic mass is 32.2. The van der Waals surface area contributed by atoms with E-state index in [1.54, 1.807) is 0 Å². The molecule has 94 valence electrons. The highest BCUT2D eigenvalue weighted by molar-refractivity contribution is 7.99. The molecule has 0 fully saturated rings. The Morgan fingerprint density at radius 3 is 2.94 bits per heavy atom. The molecule has 0 radical (unpaired) electrons. The third-order valence-corrected chi connectivity index (χ3v) is 4.82. The fraction of sp³-hybridized carbons (Fsp3) is 0.600. The van der Waals surface area contributed by atoms with Gasteiger partial charge in [-0.15, -0.1) is 0 Å². The van der Waals surface area contributed by atoms with Gasteiger partial charge in [-0.05, 0) is 48.3 Å². The number of thioether (sulfide) groups is 1. The van der Waals surface area contributed by atoms with Crippen molar-refractivity contribution in [1.82, 2.24) is 0 Å². The molecule has 0 amide bonds. The number of aliphatic hydroxyl groups is 1. The van der Waals surface area contributed by atoms with Gasteiger partial charge < -0.3 is 5.11 Å². The molecule has 17 heavy (non-hydrogen) atoms. The van der Waals surface area contributed by atoms with Crippen molar-refractivity contribution >= 4 is 11.8 Å². The third kappa shape index (κ3) is 2.69. The Hall–Kier alpha value is -0.470. The molecule has 0 spiro atoms. The van der Waals surface area contributed by atoms with E-state index in [4.69, 9.17) is 0 Å². The standard InChI is InChI=1S/C15H22OS/c1-2-17-11-10-15(12-16)9-5-7-13-6-3-4-8-14(13)15/h3-4,6,8,16H,2,5,7,9-12H2,1H3. The second kappa shape index (κ2) is 5.92. The maximum absolute atomic E-state index is 9.88. The Bertz CT molecular complexity index is 364. The van der Waals surface area contributed by atoms with Crippen LogP contribution in [0.4, 0.5) is 0 Å². The highest BCUT2D eigenvalue weighted by Crippen LogP contribution is 2.40. The number of hydrogen-bond donors (Lipinski definition) is 1. The summed E-state index contributed by atoms with van der Waals surface area (Å²) >= 11 is 1.98. The van der Waals surface area contributed by atoms with Crippen LogP contribution >= 0.6 is 11.8 Å². The molecular weight excluding hydrogens is 228 g/mol. The first-order valence-electron chi connectivity index (χ1n) is 6.59. The van der Waals surface area contributed by atoms with Crippen LogP contribution in [0.3, 0.4) is 0 Å². The average Bonchev–Trinajstić information content (AvgIpc) is 2.39. The van der Waals surface area contributed by atoms with Gasteiger partial charge in [0.05, 0.1) is 6.61 Å². The quantitative estimate of drug-likeness (QED) is 0.808. The molecular formula is C15H22OS. The van der Waals surface area contributed by atoms with Gasteiger partial charge in [0.25, 0.3) is 0 Å². The molecule has 1 atom stereocenters. The summed E-state index contributed by atoms with van der Waals surface area (Å²) in [6, 6.07) is 8.68. The maximum atomic E-state index is 9.88. The van der Waals surface area contributed by atoms with Gasteiger partial charge in [0.1, 0.15) is 0 Å². The molecule has 0 heterocycles. The van der Waals surface area contributed by atoms with E-state index in [2.05, 4.69) is 31.2 Å². The van der Waals surface area contributed by atoms with E-state index in [0.717, 1.165) is 18.6 Å². The summed E-state index contributed by atoms with van der Waals surface area (Å²) in [5.74, 6) is 2.33. The molecule has 1 unspecified atom stereocenters. The van der Waals surface area contributed by atoms with Crippen molar-refractivity contribution in [1.29, 1.82) is 0 Å². The van der Waals surface area contributed by atoms with E-state index in [9.17, 15) is 5.11 Å². The number of aliphatic hydroxyl groups excluding tert-OH is 1. The zero-order valence-electron chi connectivity index (χ0n) is 10.6. The summed E-state index contributed by atoms with van der Waals surface area (Å²) in [6.07, 6.45) is 4.65. The molecule has 2 heteroatoms. The van der Waals surface area contributed by atoms with Crippen molar-refractivity contribution in [3.05, 3.63) is 35.4 Å². The Morgan fingerprint density at radius 2 is 2.18 bits per heavy atom. The van der Waals surface area contributed by atoms with Gasteiger partial charge in [-0.25, -0.2) is 0 Å². The van der Waals surface area contributed by atoms with Gasteiger partial charge in [-0.3, -0.25) is 0 Å². The Balaban J connectivity index is 2.22. The van der Waals surface area contributed by atoms with E-state index < -0.39 is 0 Å². The van der Waals surface area contributed by atoms with E-state index in [1.165, 1.54) is 29.7 Å². The molecule has 2 rings (SSSR count). The molecule has 0 aliphatic heterocycles. The molecule has 0 saturated carbocycles. The molecule has 0 saturated heterocycles. The zero-order valence-corrected chi connectivity index (χ0v) is 11.4. The summed E-state index contributed by atoms with van der Waals surface area (Å²) in [6.45, 7) is 2.50. The lowest BCUT2D eigenvalue weighted by Gasteiger charge is -2.38. The van der Waals surface area contributed by atoms with Crippen LogP contribution in [0.5, 0.6) is 0 Å². The minimum absolute atomic E-state index is 0.0387. The van der Waals surface area contributed by atoms with Crippen LogP contribution in [0.1, 0.15) is 37.3 Å². The van der Waals surface area contributed by atoms with Crippen LogP contribution in [-0.2, 0) is 11.8 Å². The van der Waals surface area contributed by atoms with Crippen molar-refractivity contribution in [3.63, 3.8) is 0 Å². The smallest absolute Gasteiger partial charge is 0.0528 e. The van der Waals surface area contributed by atoms with Crippen LogP contribution in [-0.4, -0.2) is 23.2 Å². The third-order valence-electron chi connectivity index (χ3n) is 3.92. The molecule has 1 aromatic carbocycles.